The largest absolute Gasteiger partial charge is 0.316 e. The van der Waals surface area contributed by atoms with Crippen molar-refractivity contribution < 1.29 is 4.79 Å². The quantitative estimate of drug-likeness (QED) is 0.165. The number of aryl methyl sites for hydroxylation is 1. The second-order valence-electron chi connectivity index (χ2n) is 11.5. The van der Waals surface area contributed by atoms with Crippen LogP contribution in [-0.4, -0.2) is 19.5 Å². The van der Waals surface area contributed by atoms with E-state index in [0.29, 0.717) is 0 Å². The Hall–Kier alpha value is -3.56. The van der Waals surface area contributed by atoms with Gasteiger partial charge >= 0.3 is 0 Å². The zero-order valence-corrected chi connectivity index (χ0v) is 30.0. The Labute approximate surface area is 277 Å². The number of nitrogens with one attached hydrogen (secondary N) is 1. The van der Waals surface area contributed by atoms with E-state index in [0.717, 1.165) is 46.1 Å². The molecule has 1 fully saturated rings. The zero-order valence-electron chi connectivity index (χ0n) is 30.0. The predicted molar refractivity (Wildman–Crippen MR) is 203 cm³/mol. The van der Waals surface area contributed by atoms with Gasteiger partial charge in [0.25, 0.3) is 0 Å². The highest BCUT2D eigenvalue weighted by Gasteiger charge is 2.10. The summed E-state index contributed by atoms with van der Waals surface area (Å²) >= 11 is 0. The Bertz CT molecular complexity index is 1250. The number of carbonyl (C=O) groups is 1. The fourth-order valence-electron chi connectivity index (χ4n) is 5.18. The van der Waals surface area contributed by atoms with Crippen molar-refractivity contribution in [3.05, 3.63) is 114 Å². The highest BCUT2D eigenvalue weighted by Crippen LogP contribution is 2.30. The van der Waals surface area contributed by atoms with E-state index in [4.69, 9.17) is 9.79 Å². The molecule has 3 heteroatoms. The molecule has 0 aliphatic heterocycles. The van der Waals surface area contributed by atoms with Crippen molar-refractivity contribution in [2.24, 2.45) is 16.8 Å². The maximum absolute atomic E-state index is 8.00. The van der Waals surface area contributed by atoms with Crippen LogP contribution in [-0.2, 0) is 11.3 Å². The van der Waals surface area contributed by atoms with Crippen LogP contribution in [0.3, 0.4) is 0 Å². The number of benzene rings is 2. The summed E-state index contributed by atoms with van der Waals surface area (Å²) in [6, 6.07) is 15.2. The second-order valence-corrected chi connectivity index (χ2v) is 11.5. The molecule has 1 atom stereocenters. The van der Waals surface area contributed by atoms with Gasteiger partial charge in [-0.1, -0.05) is 146 Å². The molecule has 246 valence electrons. The second kappa shape index (κ2) is 24.7. The molecular weight excluding hydrogens is 548 g/mol. The van der Waals surface area contributed by atoms with E-state index < -0.39 is 0 Å². The van der Waals surface area contributed by atoms with Crippen molar-refractivity contribution in [1.82, 2.24) is 5.32 Å². The van der Waals surface area contributed by atoms with E-state index in [1.165, 1.54) is 55.2 Å². The molecule has 45 heavy (non-hydrogen) atoms. The third-order valence-corrected chi connectivity index (χ3v) is 7.99. The molecule has 3 rings (SSSR count). The van der Waals surface area contributed by atoms with Crippen LogP contribution in [0.1, 0.15) is 109 Å². The molecule has 0 saturated heterocycles. The summed E-state index contributed by atoms with van der Waals surface area (Å²) in [6.45, 7) is 28.0. The van der Waals surface area contributed by atoms with Crippen molar-refractivity contribution in [3.8, 4) is 0 Å². The van der Waals surface area contributed by atoms with Gasteiger partial charge in [0.2, 0.25) is 0 Å². The topological polar surface area (TPSA) is 41.5 Å². The van der Waals surface area contributed by atoms with Crippen LogP contribution < -0.4 is 5.32 Å². The van der Waals surface area contributed by atoms with Crippen LogP contribution in [0.5, 0.6) is 0 Å². The fraction of sp³-hybridized carbons (Fsp3) is 0.429. The van der Waals surface area contributed by atoms with E-state index in [1.807, 2.05) is 53.7 Å². The minimum Gasteiger partial charge on any atom is -0.316 e. The molecule has 1 N–H and O–H groups in total. The first-order chi connectivity index (χ1) is 21.7. The molecule has 1 unspecified atom stereocenters. The lowest BCUT2D eigenvalue weighted by Gasteiger charge is -2.15. The van der Waals surface area contributed by atoms with Crippen LogP contribution in [0.25, 0.3) is 11.1 Å². The van der Waals surface area contributed by atoms with Crippen molar-refractivity contribution in [1.29, 1.82) is 0 Å². The van der Waals surface area contributed by atoms with E-state index in [-0.39, 0.29) is 5.92 Å². The van der Waals surface area contributed by atoms with Gasteiger partial charge in [0.1, 0.15) is 6.79 Å². The Balaban J connectivity index is 0.00000136. The van der Waals surface area contributed by atoms with E-state index in [9.17, 15) is 0 Å². The van der Waals surface area contributed by atoms with Crippen LogP contribution in [0.2, 0.25) is 0 Å². The number of hydrogen-bond acceptors (Lipinski definition) is 3. The number of aliphatic imine (C=N–C) groups is 1. The molecule has 0 heterocycles. The fourth-order valence-corrected chi connectivity index (χ4v) is 5.18. The van der Waals surface area contributed by atoms with Gasteiger partial charge in [-0.05, 0) is 91.6 Å². The molecule has 1 aliphatic rings. The van der Waals surface area contributed by atoms with Crippen LogP contribution in [0.4, 0.5) is 5.69 Å². The molecule has 2 aromatic carbocycles. The summed E-state index contributed by atoms with van der Waals surface area (Å²) in [7, 11) is 1.97. The van der Waals surface area contributed by atoms with E-state index >= 15 is 0 Å². The summed E-state index contributed by atoms with van der Waals surface area (Å²) in [4.78, 5) is 12.9. The predicted octanol–water partition coefficient (Wildman–Crippen LogP) is 12.1. The first kappa shape index (κ1) is 41.4. The minimum atomic E-state index is 0.212. The summed E-state index contributed by atoms with van der Waals surface area (Å²) in [5, 5.41) is 3.19. The number of allylic oxidation sites excluding steroid dienone is 8. The number of carbonyl (C=O) groups excluding carboxylic acids is 1. The van der Waals surface area contributed by atoms with Crippen molar-refractivity contribution in [3.63, 3.8) is 0 Å². The molecular formula is C42H62N2O. The van der Waals surface area contributed by atoms with Gasteiger partial charge in [0.15, 0.2) is 0 Å². The van der Waals surface area contributed by atoms with Crippen molar-refractivity contribution in [2.75, 3.05) is 7.05 Å². The Morgan fingerprint density at radius 1 is 1.00 bits per heavy atom. The molecule has 1 saturated carbocycles. The van der Waals surface area contributed by atoms with Crippen LogP contribution in [0, 0.1) is 18.8 Å². The van der Waals surface area contributed by atoms with E-state index in [1.54, 1.807) is 6.08 Å². The van der Waals surface area contributed by atoms with Gasteiger partial charge in [-0.15, -0.1) is 0 Å². The van der Waals surface area contributed by atoms with Crippen molar-refractivity contribution >= 4 is 29.3 Å². The third-order valence-electron chi connectivity index (χ3n) is 7.99. The number of hydrogen-bond donors (Lipinski definition) is 1. The summed E-state index contributed by atoms with van der Waals surface area (Å²) in [6.07, 6.45) is 19.0. The Morgan fingerprint density at radius 3 is 2.11 bits per heavy atom. The molecule has 0 spiro atoms. The minimum absolute atomic E-state index is 0.212. The SMILES string of the molecule is C=C/C=C\C(=C/C)C(C)=Nc1cc(C(=C)C(C)/C=C(\C)c2ccc(CNC)cc2)ccc1C.C=O.CC.CC1CCCCCC1. The van der Waals surface area contributed by atoms with Crippen molar-refractivity contribution in [2.45, 2.75) is 100 Å². The first-order valence-electron chi connectivity index (χ1n) is 16.7. The lowest BCUT2D eigenvalue weighted by molar-refractivity contribution is -0.0980. The van der Waals surface area contributed by atoms with Gasteiger partial charge in [-0.25, -0.2) is 0 Å². The molecule has 3 nitrogen and oxygen atoms in total. The average Bonchev–Trinajstić information content (AvgIpc) is 3.32. The van der Waals surface area contributed by atoms with Crippen LogP contribution in [0.15, 0.2) is 96.6 Å². The average molecular weight is 611 g/mol. The highest BCUT2D eigenvalue weighted by atomic mass is 16.1. The lowest BCUT2D eigenvalue weighted by Crippen LogP contribution is -2.04. The molecule has 0 radical (unpaired) electrons. The number of nitrogens with zero attached hydrogens (tertiary/aromatic N) is 1. The molecule has 0 aromatic heterocycles. The number of rotatable bonds is 10. The lowest BCUT2D eigenvalue weighted by atomic mass is 9.91. The smallest absolute Gasteiger partial charge is 0.106 e. The molecule has 2 aromatic rings. The first-order valence-corrected chi connectivity index (χ1v) is 16.7. The van der Waals surface area contributed by atoms with Gasteiger partial charge in [0.05, 0.1) is 5.69 Å². The third kappa shape index (κ3) is 15.8. The summed E-state index contributed by atoms with van der Waals surface area (Å²) in [5.41, 5.74) is 10.2. The molecule has 0 bridgehead atoms. The maximum Gasteiger partial charge on any atom is 0.106 e. The monoisotopic (exact) mass is 610 g/mol. The van der Waals surface area contributed by atoms with E-state index in [2.05, 4.69) is 101 Å². The van der Waals surface area contributed by atoms with Gasteiger partial charge < -0.3 is 10.1 Å². The highest BCUT2D eigenvalue weighted by molar-refractivity contribution is 6.02. The normalized spacial score (nSPS) is 14.9. The van der Waals surface area contributed by atoms with Gasteiger partial charge in [-0.2, -0.15) is 0 Å². The van der Waals surface area contributed by atoms with Gasteiger partial charge in [0, 0.05) is 12.3 Å². The molecule has 1 aliphatic carbocycles. The Kier molecular flexibility index (Phi) is 22.8. The molecule has 0 amide bonds. The Morgan fingerprint density at radius 2 is 1.58 bits per heavy atom. The summed E-state index contributed by atoms with van der Waals surface area (Å²) < 4.78 is 0. The zero-order chi connectivity index (χ0) is 34.2. The summed E-state index contributed by atoms with van der Waals surface area (Å²) in [5.74, 6) is 1.24. The standard InChI is InChI=1S/C31H38N2.C8H16.C2H6.CH2O/c1-9-11-12-28(10-2)26(7)33-31-20-30(16-13-22(31)3)25(6)23(4)19-24(5)29-17-14-27(15-18-29)21-32-8;1-8-6-4-2-3-5-7-8;2*1-2/h9-20,23,32H,1,6,21H2,2-5,7-8H3;8H,2-7H2,1H3;1-2H3;1H2/b12-11-,24-19+,28-10+,33-26?;;;. The van der Waals surface area contributed by atoms with Crippen LogP contribution >= 0.6 is 0 Å². The van der Waals surface area contributed by atoms with Gasteiger partial charge in [-0.3, -0.25) is 4.99 Å². The maximum atomic E-state index is 8.00.